The first-order valence-corrected chi connectivity index (χ1v) is 4.33. The summed E-state index contributed by atoms with van der Waals surface area (Å²) in [4.78, 5) is 3.90. The van der Waals surface area contributed by atoms with Crippen LogP contribution >= 0.6 is 11.6 Å². The Hall–Kier alpha value is -0.900. The molecular weight excluding hydrogens is 186 g/mol. The van der Waals surface area contributed by atoms with Crippen molar-refractivity contribution in [3.05, 3.63) is 41.7 Å². The van der Waals surface area contributed by atoms with Crippen molar-refractivity contribution < 1.29 is 0 Å². The molecule has 0 radical (unpaired) electrons. The molecule has 3 nitrogen and oxygen atoms in total. The summed E-state index contributed by atoms with van der Waals surface area (Å²) in [6.45, 7) is 3.65. The number of hydrogen-bond acceptors (Lipinski definition) is 3. The third-order valence-corrected chi connectivity index (χ3v) is 2.10. The van der Waals surface area contributed by atoms with Gasteiger partial charge in [-0.25, -0.2) is 0 Å². The zero-order chi connectivity index (χ0) is 9.68. The molecule has 3 N–H and O–H groups in total. The highest BCUT2D eigenvalue weighted by Crippen LogP contribution is 2.23. The van der Waals surface area contributed by atoms with E-state index in [1.807, 2.05) is 6.07 Å². The molecule has 0 aliphatic carbocycles. The number of nitrogens with two attached hydrogens (primary N) is 1. The van der Waals surface area contributed by atoms with Crippen LogP contribution in [0.5, 0.6) is 0 Å². The van der Waals surface area contributed by atoms with Gasteiger partial charge in [0.05, 0.1) is 11.1 Å². The molecule has 1 aromatic heterocycles. The Balaban J connectivity index is 2.90. The molecule has 0 fully saturated rings. The highest BCUT2D eigenvalue weighted by Gasteiger charge is 2.10. The lowest BCUT2D eigenvalue weighted by Gasteiger charge is -2.14. The largest absolute Gasteiger partial charge is 0.271 e. The van der Waals surface area contributed by atoms with E-state index in [-0.39, 0.29) is 6.04 Å². The Bertz CT molecular complexity index is 288. The van der Waals surface area contributed by atoms with Gasteiger partial charge in [0.1, 0.15) is 0 Å². The minimum absolute atomic E-state index is 0.00741. The van der Waals surface area contributed by atoms with E-state index in [4.69, 9.17) is 17.4 Å². The molecule has 1 atom stereocenters. The summed E-state index contributed by atoms with van der Waals surface area (Å²) in [6.07, 6.45) is 5.82. The lowest BCUT2D eigenvalue weighted by Crippen LogP contribution is -2.27. The Morgan fingerprint density at radius 1 is 1.77 bits per heavy atom. The van der Waals surface area contributed by atoms with Gasteiger partial charge in [0.25, 0.3) is 0 Å². The molecule has 0 aromatic carbocycles. The van der Waals surface area contributed by atoms with Crippen molar-refractivity contribution in [3.63, 3.8) is 0 Å². The number of nitrogens with one attached hydrogen (secondary N) is 1. The van der Waals surface area contributed by atoms with Crippen LogP contribution in [0.2, 0.25) is 5.02 Å². The third kappa shape index (κ3) is 2.52. The minimum atomic E-state index is 0.00741. The molecule has 0 bridgehead atoms. The van der Waals surface area contributed by atoms with Gasteiger partial charge in [-0.3, -0.25) is 16.3 Å². The maximum absolute atomic E-state index is 5.94. The number of rotatable bonds is 4. The van der Waals surface area contributed by atoms with E-state index in [1.165, 1.54) is 0 Å². The highest BCUT2D eigenvalue weighted by atomic mass is 35.5. The average molecular weight is 198 g/mol. The fourth-order valence-corrected chi connectivity index (χ4v) is 1.37. The van der Waals surface area contributed by atoms with E-state index in [0.717, 1.165) is 12.0 Å². The van der Waals surface area contributed by atoms with Crippen molar-refractivity contribution in [2.45, 2.75) is 12.5 Å². The van der Waals surface area contributed by atoms with Crippen LogP contribution in [-0.4, -0.2) is 4.98 Å². The lowest BCUT2D eigenvalue weighted by molar-refractivity contribution is 0.561. The fourth-order valence-electron chi connectivity index (χ4n) is 1.12. The van der Waals surface area contributed by atoms with Crippen molar-refractivity contribution in [1.29, 1.82) is 0 Å². The normalized spacial score (nSPS) is 12.5. The van der Waals surface area contributed by atoms with Crippen LogP contribution in [0.1, 0.15) is 18.0 Å². The summed E-state index contributed by atoms with van der Waals surface area (Å²) >= 11 is 5.94. The van der Waals surface area contributed by atoms with Crippen LogP contribution in [0.4, 0.5) is 0 Å². The summed E-state index contributed by atoms with van der Waals surface area (Å²) in [5.74, 6) is 5.38. The molecule has 1 aromatic rings. The van der Waals surface area contributed by atoms with Gasteiger partial charge in [-0.05, 0) is 18.1 Å². The first-order valence-electron chi connectivity index (χ1n) is 3.96. The van der Waals surface area contributed by atoms with Crippen LogP contribution in [0.3, 0.4) is 0 Å². The van der Waals surface area contributed by atoms with Gasteiger partial charge in [-0.2, -0.15) is 0 Å². The monoisotopic (exact) mass is 197 g/mol. The SMILES string of the molecule is C=CCC(NN)c1ccncc1Cl. The Labute approximate surface area is 82.6 Å². The molecule has 1 heterocycles. The topological polar surface area (TPSA) is 50.9 Å². The fraction of sp³-hybridized carbons (Fsp3) is 0.222. The molecule has 1 rings (SSSR count). The average Bonchev–Trinajstić information content (AvgIpc) is 2.16. The number of pyridine rings is 1. The van der Waals surface area contributed by atoms with E-state index >= 15 is 0 Å². The van der Waals surface area contributed by atoms with E-state index in [2.05, 4.69) is 17.0 Å². The predicted molar refractivity (Wildman–Crippen MR) is 54.1 cm³/mol. The van der Waals surface area contributed by atoms with Crippen molar-refractivity contribution in [2.75, 3.05) is 0 Å². The van der Waals surface area contributed by atoms with E-state index in [0.29, 0.717) is 5.02 Å². The van der Waals surface area contributed by atoms with Crippen molar-refractivity contribution in [2.24, 2.45) is 5.84 Å². The maximum atomic E-state index is 5.94. The van der Waals surface area contributed by atoms with Gasteiger partial charge in [0.2, 0.25) is 0 Å². The quantitative estimate of drug-likeness (QED) is 0.440. The van der Waals surface area contributed by atoms with Crippen molar-refractivity contribution in [3.8, 4) is 0 Å². The Kier molecular flexibility index (Phi) is 3.89. The zero-order valence-corrected chi connectivity index (χ0v) is 7.96. The number of hydrogen-bond donors (Lipinski definition) is 2. The molecule has 0 amide bonds. The Morgan fingerprint density at radius 3 is 3.08 bits per heavy atom. The van der Waals surface area contributed by atoms with Gasteiger partial charge in [0, 0.05) is 12.4 Å². The summed E-state index contributed by atoms with van der Waals surface area (Å²) in [6, 6.07) is 1.85. The molecule has 0 saturated heterocycles. The smallest absolute Gasteiger partial charge is 0.0637 e. The molecule has 13 heavy (non-hydrogen) atoms. The summed E-state index contributed by atoms with van der Waals surface area (Å²) in [7, 11) is 0. The van der Waals surface area contributed by atoms with Gasteiger partial charge >= 0.3 is 0 Å². The molecule has 0 aliphatic rings. The molecule has 0 spiro atoms. The van der Waals surface area contributed by atoms with Gasteiger partial charge in [0.15, 0.2) is 0 Å². The number of nitrogens with zero attached hydrogens (tertiary/aromatic N) is 1. The molecule has 0 saturated carbocycles. The van der Waals surface area contributed by atoms with Crippen LogP contribution in [0, 0.1) is 0 Å². The second kappa shape index (κ2) is 4.97. The standard InChI is InChI=1S/C9H12ClN3/c1-2-3-9(13-11)7-4-5-12-6-8(7)10/h2,4-6,9,13H,1,3,11H2. The van der Waals surface area contributed by atoms with Gasteiger partial charge in [-0.15, -0.1) is 6.58 Å². The molecule has 70 valence electrons. The molecule has 4 heteroatoms. The minimum Gasteiger partial charge on any atom is -0.271 e. The lowest BCUT2D eigenvalue weighted by atomic mass is 10.1. The van der Waals surface area contributed by atoms with E-state index in [9.17, 15) is 0 Å². The van der Waals surface area contributed by atoms with Gasteiger partial charge in [-0.1, -0.05) is 17.7 Å². The first-order chi connectivity index (χ1) is 6.29. The third-order valence-electron chi connectivity index (χ3n) is 1.78. The van der Waals surface area contributed by atoms with Crippen LogP contribution in [-0.2, 0) is 0 Å². The second-order valence-corrected chi connectivity index (χ2v) is 3.05. The number of halogens is 1. The summed E-state index contributed by atoms with van der Waals surface area (Å²) in [5.41, 5.74) is 3.62. The zero-order valence-electron chi connectivity index (χ0n) is 7.20. The highest BCUT2D eigenvalue weighted by molar-refractivity contribution is 6.31. The van der Waals surface area contributed by atoms with E-state index < -0.39 is 0 Å². The van der Waals surface area contributed by atoms with E-state index in [1.54, 1.807) is 18.5 Å². The van der Waals surface area contributed by atoms with Crippen LogP contribution in [0.15, 0.2) is 31.1 Å². The predicted octanol–water partition coefficient (Wildman–Crippen LogP) is 1.82. The second-order valence-electron chi connectivity index (χ2n) is 2.64. The van der Waals surface area contributed by atoms with Crippen LogP contribution < -0.4 is 11.3 Å². The first kappa shape index (κ1) is 10.2. The van der Waals surface area contributed by atoms with Crippen LogP contribution in [0.25, 0.3) is 0 Å². The maximum Gasteiger partial charge on any atom is 0.0637 e. The number of hydrazine groups is 1. The molecule has 1 unspecified atom stereocenters. The number of aromatic nitrogens is 1. The molecule has 0 aliphatic heterocycles. The Morgan fingerprint density at radius 2 is 2.54 bits per heavy atom. The van der Waals surface area contributed by atoms with Crippen molar-refractivity contribution in [1.82, 2.24) is 10.4 Å². The van der Waals surface area contributed by atoms with Gasteiger partial charge < -0.3 is 0 Å². The summed E-state index contributed by atoms with van der Waals surface area (Å²) < 4.78 is 0. The summed E-state index contributed by atoms with van der Waals surface area (Å²) in [5, 5.41) is 0.618. The molecular formula is C9H12ClN3. The van der Waals surface area contributed by atoms with Crippen molar-refractivity contribution >= 4 is 11.6 Å².